The van der Waals surface area contributed by atoms with Crippen LogP contribution in [0.15, 0.2) is 29.2 Å². The van der Waals surface area contributed by atoms with Gasteiger partial charge in [-0.1, -0.05) is 11.6 Å². The van der Waals surface area contributed by atoms with Crippen molar-refractivity contribution in [3.63, 3.8) is 0 Å². The normalized spacial score (nSPS) is 16.0. The number of rotatable bonds is 4. The van der Waals surface area contributed by atoms with Crippen molar-refractivity contribution < 1.29 is 9.59 Å². The Morgan fingerprint density at radius 1 is 1.10 bits per heavy atom. The maximum Gasteiger partial charge on any atom is 0.261 e. The summed E-state index contributed by atoms with van der Waals surface area (Å²) >= 11 is 6.15. The Labute approximate surface area is 171 Å². The van der Waals surface area contributed by atoms with E-state index in [1.54, 1.807) is 18.2 Å². The van der Waals surface area contributed by atoms with E-state index >= 15 is 0 Å². The maximum absolute atomic E-state index is 13.0. The predicted molar refractivity (Wildman–Crippen MR) is 110 cm³/mol. The zero-order valence-corrected chi connectivity index (χ0v) is 17.2. The summed E-state index contributed by atoms with van der Waals surface area (Å²) in [7, 11) is 3.81. The zero-order chi connectivity index (χ0) is 21.0. The molecule has 2 aromatic heterocycles. The zero-order valence-electron chi connectivity index (χ0n) is 16.4. The molecule has 2 unspecified atom stereocenters. The van der Waals surface area contributed by atoms with Gasteiger partial charge in [0.25, 0.3) is 17.4 Å². The molecule has 8 nitrogen and oxygen atoms in total. The summed E-state index contributed by atoms with van der Waals surface area (Å²) in [5.41, 5.74) is 1.49. The fourth-order valence-electron chi connectivity index (χ4n) is 3.57. The number of benzene rings is 1. The van der Waals surface area contributed by atoms with Gasteiger partial charge in [0.2, 0.25) is 0 Å². The molecule has 1 aliphatic rings. The first-order chi connectivity index (χ1) is 13.7. The van der Waals surface area contributed by atoms with Gasteiger partial charge < -0.3 is 14.9 Å². The van der Waals surface area contributed by atoms with Crippen molar-refractivity contribution in [1.29, 1.82) is 0 Å². The average Bonchev–Trinajstić information content (AvgIpc) is 3.17. The predicted octanol–water partition coefficient (Wildman–Crippen LogP) is 2.51. The minimum absolute atomic E-state index is 0.00115. The number of imidazole rings is 1. The number of hydrogen-bond acceptors (Lipinski definition) is 5. The van der Waals surface area contributed by atoms with E-state index in [0.29, 0.717) is 22.2 Å². The number of amides is 2. The number of aromatic amines is 2. The highest BCUT2D eigenvalue weighted by atomic mass is 35.5. The first-order valence-corrected chi connectivity index (χ1v) is 9.54. The second-order valence-electron chi connectivity index (χ2n) is 7.46. The number of nitrogens with one attached hydrogen (secondary N) is 2. The number of imide groups is 1. The van der Waals surface area contributed by atoms with Crippen LogP contribution >= 0.6 is 11.6 Å². The van der Waals surface area contributed by atoms with Crippen molar-refractivity contribution >= 4 is 34.4 Å². The highest BCUT2D eigenvalue weighted by Crippen LogP contribution is 2.31. The molecular weight excluding hydrogens is 394 g/mol. The fourth-order valence-corrected chi connectivity index (χ4v) is 3.81. The van der Waals surface area contributed by atoms with E-state index in [0.717, 1.165) is 0 Å². The summed E-state index contributed by atoms with van der Waals surface area (Å²) in [5, 5.41) is 0.255. The highest BCUT2D eigenvalue weighted by Gasteiger charge is 2.41. The van der Waals surface area contributed by atoms with Gasteiger partial charge in [-0.05, 0) is 46.1 Å². The van der Waals surface area contributed by atoms with Gasteiger partial charge in [-0.2, -0.15) is 0 Å². The average molecular weight is 414 g/mol. The van der Waals surface area contributed by atoms with Crippen molar-refractivity contribution in [2.75, 3.05) is 14.1 Å². The molecule has 1 aliphatic heterocycles. The first kappa shape index (κ1) is 19.4. The second kappa shape index (κ2) is 6.82. The van der Waals surface area contributed by atoms with E-state index in [1.165, 1.54) is 11.1 Å². The van der Waals surface area contributed by atoms with Gasteiger partial charge in [-0.15, -0.1) is 0 Å². The van der Waals surface area contributed by atoms with Crippen molar-refractivity contribution in [3.05, 3.63) is 50.9 Å². The maximum atomic E-state index is 13.0. The van der Waals surface area contributed by atoms with Crippen LogP contribution in [0.2, 0.25) is 5.02 Å². The van der Waals surface area contributed by atoms with E-state index in [1.807, 2.05) is 32.8 Å². The Kier molecular flexibility index (Phi) is 4.55. The van der Waals surface area contributed by atoms with Crippen LogP contribution in [0.25, 0.3) is 22.4 Å². The van der Waals surface area contributed by atoms with Gasteiger partial charge in [-0.3, -0.25) is 19.3 Å². The van der Waals surface area contributed by atoms with E-state index < -0.39 is 0 Å². The molecule has 0 bridgehead atoms. The molecule has 1 aromatic carbocycles. The number of pyridine rings is 1. The van der Waals surface area contributed by atoms with Crippen molar-refractivity contribution in [2.45, 2.75) is 25.9 Å². The van der Waals surface area contributed by atoms with Crippen LogP contribution in [-0.2, 0) is 0 Å². The second-order valence-corrected chi connectivity index (χ2v) is 7.86. The van der Waals surface area contributed by atoms with Gasteiger partial charge in [0.05, 0.1) is 33.2 Å². The molecule has 0 aliphatic carbocycles. The first-order valence-electron chi connectivity index (χ1n) is 9.16. The molecule has 150 valence electrons. The summed E-state index contributed by atoms with van der Waals surface area (Å²) < 4.78 is 0. The van der Waals surface area contributed by atoms with E-state index in [4.69, 9.17) is 11.6 Å². The van der Waals surface area contributed by atoms with Crippen molar-refractivity contribution in [3.8, 4) is 11.4 Å². The minimum atomic E-state index is -0.381. The summed E-state index contributed by atoms with van der Waals surface area (Å²) in [6, 6.07) is 4.46. The number of likely N-dealkylation sites (N-methyl/N-ethyl adjacent to an activating group) is 1. The Morgan fingerprint density at radius 3 is 2.38 bits per heavy atom. The van der Waals surface area contributed by atoms with Gasteiger partial charge in [0, 0.05) is 12.2 Å². The standard InChI is InChI=1S/C20H20ClN5O3/c1-9(25(3)4)10(2)26-19(28)11-7-14-15(8-12(11)20(26)29)24-17(23-14)16-13(21)5-6-22-18(16)27/h5-10H,1-4H3,(H,22,27)(H,23,24). The van der Waals surface area contributed by atoms with Crippen LogP contribution < -0.4 is 5.56 Å². The molecule has 29 heavy (non-hydrogen) atoms. The van der Waals surface area contributed by atoms with Crippen LogP contribution in [0.5, 0.6) is 0 Å². The summed E-state index contributed by atoms with van der Waals surface area (Å²) in [5.74, 6) is -0.394. The third-order valence-electron chi connectivity index (χ3n) is 5.59. The number of hydrogen-bond donors (Lipinski definition) is 2. The molecule has 3 heterocycles. The molecular formula is C20H20ClN5O3. The molecule has 3 aromatic rings. The molecule has 2 amide bonds. The number of H-pyrrole nitrogens is 2. The van der Waals surface area contributed by atoms with Crippen LogP contribution in [0.4, 0.5) is 0 Å². The van der Waals surface area contributed by atoms with Gasteiger partial charge in [-0.25, -0.2) is 4.98 Å². The molecule has 9 heteroatoms. The van der Waals surface area contributed by atoms with Gasteiger partial charge in [0.15, 0.2) is 0 Å². The molecule has 2 N–H and O–H groups in total. The number of carbonyl (C=O) groups is 2. The van der Waals surface area contributed by atoms with Crippen molar-refractivity contribution in [1.82, 2.24) is 24.8 Å². The largest absolute Gasteiger partial charge is 0.338 e. The Hall–Kier alpha value is -2.97. The number of halogens is 1. The number of aromatic nitrogens is 3. The summed E-state index contributed by atoms with van der Waals surface area (Å²) in [6.45, 7) is 3.83. The Balaban J connectivity index is 1.79. The quantitative estimate of drug-likeness (QED) is 0.640. The lowest BCUT2D eigenvalue weighted by Crippen LogP contribution is -2.48. The van der Waals surface area contributed by atoms with Gasteiger partial charge >= 0.3 is 0 Å². The smallest absolute Gasteiger partial charge is 0.261 e. The molecule has 0 fully saturated rings. The number of fused-ring (bicyclic) bond motifs is 2. The Bertz CT molecular complexity index is 1160. The monoisotopic (exact) mass is 413 g/mol. The van der Waals surface area contributed by atoms with E-state index in [9.17, 15) is 14.4 Å². The molecule has 0 radical (unpaired) electrons. The van der Waals surface area contributed by atoms with E-state index in [-0.39, 0.29) is 45.9 Å². The van der Waals surface area contributed by atoms with E-state index in [2.05, 4.69) is 15.0 Å². The van der Waals surface area contributed by atoms with Crippen LogP contribution in [0.3, 0.4) is 0 Å². The minimum Gasteiger partial charge on any atom is -0.338 e. The summed E-state index contributed by atoms with van der Waals surface area (Å²) in [6.07, 6.45) is 1.45. The topological polar surface area (TPSA) is 102 Å². The highest BCUT2D eigenvalue weighted by molar-refractivity contribution is 6.33. The van der Waals surface area contributed by atoms with Crippen LogP contribution in [0.1, 0.15) is 34.6 Å². The third-order valence-corrected chi connectivity index (χ3v) is 5.90. The lowest BCUT2D eigenvalue weighted by atomic mass is 10.1. The number of nitrogens with zero attached hydrogens (tertiary/aromatic N) is 3. The van der Waals surface area contributed by atoms with Crippen LogP contribution in [-0.4, -0.2) is 62.7 Å². The SMILES string of the molecule is CC(C(C)N1C(=O)c2cc3nc(-c4c(Cl)cc[nH]c4=O)[nH]c3cc2C1=O)N(C)C. The molecule has 0 saturated heterocycles. The molecule has 2 atom stereocenters. The van der Waals surface area contributed by atoms with Crippen LogP contribution in [0, 0.1) is 0 Å². The molecule has 0 saturated carbocycles. The molecule has 0 spiro atoms. The lowest BCUT2D eigenvalue weighted by molar-refractivity contribution is 0.0525. The van der Waals surface area contributed by atoms with Crippen molar-refractivity contribution in [2.24, 2.45) is 0 Å². The lowest BCUT2D eigenvalue weighted by Gasteiger charge is -2.32. The summed E-state index contributed by atoms with van der Waals surface area (Å²) in [4.78, 5) is 51.4. The fraction of sp³-hybridized carbons (Fsp3) is 0.300. The Morgan fingerprint density at radius 2 is 1.76 bits per heavy atom. The molecule has 4 rings (SSSR count). The number of carbonyl (C=O) groups excluding carboxylic acids is 2. The third kappa shape index (κ3) is 2.95. The van der Waals surface area contributed by atoms with Gasteiger partial charge in [0.1, 0.15) is 11.4 Å².